The fraction of sp³-hybridized carbons (Fsp3) is 0.615. The van der Waals surface area contributed by atoms with Crippen LogP contribution >= 0.6 is 0 Å². The van der Waals surface area contributed by atoms with Gasteiger partial charge in [-0.2, -0.15) is 4.98 Å². The molecule has 1 unspecified atom stereocenters. The molecule has 0 saturated heterocycles. The van der Waals surface area contributed by atoms with Crippen molar-refractivity contribution in [1.82, 2.24) is 9.97 Å². The highest BCUT2D eigenvalue weighted by atomic mass is 16.5. The van der Waals surface area contributed by atoms with Gasteiger partial charge in [0.05, 0.1) is 24.4 Å². The zero-order valence-electron chi connectivity index (χ0n) is 11.6. The van der Waals surface area contributed by atoms with Crippen LogP contribution in [0.3, 0.4) is 0 Å². The Hall–Kier alpha value is -1.85. The number of ether oxygens (including phenoxy) is 1. The summed E-state index contributed by atoms with van der Waals surface area (Å²) >= 11 is 0. The number of carbonyl (C=O) groups is 1. The lowest BCUT2D eigenvalue weighted by atomic mass is 10.1. The summed E-state index contributed by atoms with van der Waals surface area (Å²) in [6.07, 6.45) is 4.65. The van der Waals surface area contributed by atoms with Crippen LogP contribution in [0.2, 0.25) is 0 Å². The van der Waals surface area contributed by atoms with Gasteiger partial charge in [0.25, 0.3) is 0 Å². The maximum Gasteiger partial charge on any atom is 0.306 e. The van der Waals surface area contributed by atoms with Crippen LogP contribution in [0.4, 0.5) is 5.82 Å². The highest BCUT2D eigenvalue weighted by Crippen LogP contribution is 2.11. The minimum absolute atomic E-state index is 0.0565. The van der Waals surface area contributed by atoms with E-state index in [1.54, 1.807) is 19.3 Å². The number of hydrogen-bond donors (Lipinski definition) is 2. The number of nitrogens with zero attached hydrogens (tertiary/aromatic N) is 2. The van der Waals surface area contributed by atoms with Crippen molar-refractivity contribution in [2.75, 3.05) is 11.9 Å². The molecule has 106 valence electrons. The molecule has 19 heavy (non-hydrogen) atoms. The molecular weight excluding hydrogens is 246 g/mol. The third-order valence-electron chi connectivity index (χ3n) is 2.51. The van der Waals surface area contributed by atoms with Crippen molar-refractivity contribution in [3.8, 4) is 5.88 Å². The van der Waals surface area contributed by atoms with Crippen LogP contribution in [0.25, 0.3) is 0 Å². The second-order valence-electron chi connectivity index (χ2n) is 4.72. The minimum Gasteiger partial charge on any atom is -0.481 e. The number of rotatable bonds is 8. The van der Waals surface area contributed by atoms with Crippen LogP contribution in [0.15, 0.2) is 12.4 Å². The third kappa shape index (κ3) is 6.03. The predicted octanol–water partition coefficient (Wildman–Crippen LogP) is 2.18. The number of anilines is 1. The monoisotopic (exact) mass is 267 g/mol. The molecule has 0 bridgehead atoms. The molecule has 0 spiro atoms. The first kappa shape index (κ1) is 15.2. The maximum absolute atomic E-state index is 10.7. The van der Waals surface area contributed by atoms with Gasteiger partial charge in [-0.25, -0.2) is 0 Å². The average Bonchev–Trinajstić information content (AvgIpc) is 2.34. The molecule has 1 heterocycles. The van der Waals surface area contributed by atoms with Crippen molar-refractivity contribution in [2.45, 2.75) is 39.7 Å². The molecule has 0 aliphatic carbocycles. The second kappa shape index (κ2) is 7.56. The zero-order valence-corrected chi connectivity index (χ0v) is 11.6. The zero-order chi connectivity index (χ0) is 14.3. The lowest BCUT2D eigenvalue weighted by molar-refractivity contribution is -0.141. The van der Waals surface area contributed by atoms with E-state index < -0.39 is 5.97 Å². The van der Waals surface area contributed by atoms with E-state index >= 15 is 0 Å². The smallest absolute Gasteiger partial charge is 0.306 e. The first-order valence-corrected chi connectivity index (χ1v) is 6.44. The highest BCUT2D eigenvalue weighted by molar-refractivity contribution is 5.69. The molecule has 0 aliphatic heterocycles. The Morgan fingerprint density at radius 2 is 2.16 bits per heavy atom. The van der Waals surface area contributed by atoms with Gasteiger partial charge in [0.1, 0.15) is 5.82 Å². The fourth-order valence-electron chi connectivity index (χ4n) is 1.48. The summed E-state index contributed by atoms with van der Waals surface area (Å²) in [6, 6.07) is 0. The van der Waals surface area contributed by atoms with Crippen LogP contribution in [-0.2, 0) is 4.79 Å². The Morgan fingerprint density at radius 3 is 2.79 bits per heavy atom. The van der Waals surface area contributed by atoms with E-state index in [4.69, 9.17) is 9.84 Å². The Balaban J connectivity index is 2.35. The number of aromatic nitrogens is 2. The molecular formula is C13H21N3O3. The SMILES string of the molecule is CC(C)Oc1cncc(NCCCC(C)C(=O)O)n1. The highest BCUT2D eigenvalue weighted by Gasteiger charge is 2.09. The number of nitrogens with one attached hydrogen (secondary N) is 1. The van der Waals surface area contributed by atoms with Crippen molar-refractivity contribution in [3.05, 3.63) is 12.4 Å². The normalized spacial score (nSPS) is 12.2. The molecule has 0 fully saturated rings. The number of carboxylic acids is 1. The molecule has 6 nitrogen and oxygen atoms in total. The number of hydrogen-bond acceptors (Lipinski definition) is 5. The topological polar surface area (TPSA) is 84.3 Å². The quantitative estimate of drug-likeness (QED) is 0.702. The van der Waals surface area contributed by atoms with Crippen molar-refractivity contribution in [2.24, 2.45) is 5.92 Å². The van der Waals surface area contributed by atoms with E-state index in [0.29, 0.717) is 24.7 Å². The number of carboxylic acid groups (broad SMARTS) is 1. The molecule has 0 amide bonds. The Morgan fingerprint density at radius 1 is 1.42 bits per heavy atom. The Labute approximate surface area is 113 Å². The van der Waals surface area contributed by atoms with Gasteiger partial charge >= 0.3 is 5.97 Å². The lowest BCUT2D eigenvalue weighted by Gasteiger charge is -2.10. The molecule has 0 saturated carbocycles. The van der Waals surface area contributed by atoms with Gasteiger partial charge in [0.15, 0.2) is 0 Å². The summed E-state index contributed by atoms with van der Waals surface area (Å²) in [5.41, 5.74) is 0. The van der Waals surface area contributed by atoms with Gasteiger partial charge in [-0.1, -0.05) is 6.92 Å². The lowest BCUT2D eigenvalue weighted by Crippen LogP contribution is -2.12. The maximum atomic E-state index is 10.7. The van der Waals surface area contributed by atoms with Crippen LogP contribution in [0, 0.1) is 5.92 Å². The molecule has 1 aromatic rings. The molecule has 6 heteroatoms. The van der Waals surface area contributed by atoms with E-state index in [9.17, 15) is 4.79 Å². The van der Waals surface area contributed by atoms with Crippen molar-refractivity contribution in [3.63, 3.8) is 0 Å². The Bertz CT molecular complexity index is 410. The van der Waals surface area contributed by atoms with E-state index in [-0.39, 0.29) is 12.0 Å². The van der Waals surface area contributed by atoms with E-state index in [2.05, 4.69) is 15.3 Å². The summed E-state index contributed by atoms with van der Waals surface area (Å²) in [5, 5.41) is 11.9. The second-order valence-corrected chi connectivity index (χ2v) is 4.72. The van der Waals surface area contributed by atoms with Gasteiger partial charge in [0, 0.05) is 6.54 Å². The van der Waals surface area contributed by atoms with Gasteiger partial charge < -0.3 is 15.2 Å². The summed E-state index contributed by atoms with van der Waals surface area (Å²) < 4.78 is 5.44. The first-order chi connectivity index (χ1) is 8.99. The molecule has 0 aliphatic rings. The van der Waals surface area contributed by atoms with Crippen LogP contribution in [0.1, 0.15) is 33.6 Å². The molecule has 1 atom stereocenters. The largest absolute Gasteiger partial charge is 0.481 e. The average molecular weight is 267 g/mol. The van der Waals surface area contributed by atoms with Crippen molar-refractivity contribution < 1.29 is 14.6 Å². The first-order valence-electron chi connectivity index (χ1n) is 6.44. The van der Waals surface area contributed by atoms with Crippen LogP contribution in [-0.4, -0.2) is 33.7 Å². The predicted molar refractivity (Wildman–Crippen MR) is 72.3 cm³/mol. The third-order valence-corrected chi connectivity index (χ3v) is 2.51. The fourth-order valence-corrected chi connectivity index (χ4v) is 1.48. The summed E-state index contributed by atoms with van der Waals surface area (Å²) in [7, 11) is 0. The summed E-state index contributed by atoms with van der Waals surface area (Å²) in [4.78, 5) is 18.9. The Kier molecular flexibility index (Phi) is 6.05. The van der Waals surface area contributed by atoms with Crippen LogP contribution < -0.4 is 10.1 Å². The molecule has 2 N–H and O–H groups in total. The minimum atomic E-state index is -0.757. The molecule has 1 aromatic heterocycles. The molecule has 0 radical (unpaired) electrons. The van der Waals surface area contributed by atoms with E-state index in [1.807, 2.05) is 13.8 Å². The van der Waals surface area contributed by atoms with Crippen LogP contribution in [0.5, 0.6) is 5.88 Å². The van der Waals surface area contributed by atoms with Gasteiger partial charge in [0.2, 0.25) is 5.88 Å². The number of aliphatic carboxylic acids is 1. The standard InChI is InChI=1S/C13H21N3O3/c1-9(2)19-12-8-14-7-11(16-12)15-6-4-5-10(3)13(17)18/h7-10H,4-6H2,1-3H3,(H,15,16)(H,17,18). The van der Waals surface area contributed by atoms with Gasteiger partial charge in [-0.15, -0.1) is 0 Å². The van der Waals surface area contributed by atoms with E-state index in [0.717, 1.165) is 6.42 Å². The van der Waals surface area contributed by atoms with Crippen molar-refractivity contribution >= 4 is 11.8 Å². The summed E-state index contributed by atoms with van der Waals surface area (Å²) in [5.74, 6) is 0.0515. The molecule has 0 aromatic carbocycles. The van der Waals surface area contributed by atoms with E-state index in [1.165, 1.54) is 0 Å². The van der Waals surface area contributed by atoms with Gasteiger partial charge in [-0.05, 0) is 26.7 Å². The van der Waals surface area contributed by atoms with Crippen molar-refractivity contribution in [1.29, 1.82) is 0 Å². The van der Waals surface area contributed by atoms with Gasteiger partial charge in [-0.3, -0.25) is 9.78 Å². The molecule has 1 rings (SSSR count). The summed E-state index contributed by atoms with van der Waals surface area (Å²) in [6.45, 7) is 6.22.